The van der Waals surface area contributed by atoms with Crippen molar-refractivity contribution in [3.8, 4) is 5.75 Å². The molecule has 2 aromatic rings. The molecule has 1 atom stereocenters. The Morgan fingerprint density at radius 1 is 1.06 bits per heavy atom. The molecule has 0 radical (unpaired) electrons. The highest BCUT2D eigenvalue weighted by Crippen LogP contribution is 2.14. The van der Waals surface area contributed by atoms with E-state index in [1.165, 1.54) is 17.0 Å². The molecular formula is C24H30FN2O4+. The van der Waals surface area contributed by atoms with Crippen molar-refractivity contribution in [3.05, 3.63) is 65.5 Å². The average molecular weight is 430 g/mol. The number of carbonyl (C=O) groups excluding carboxylic acids is 2. The van der Waals surface area contributed by atoms with Crippen LogP contribution in [0.1, 0.15) is 41.7 Å². The zero-order valence-electron chi connectivity index (χ0n) is 17.9. The minimum Gasteiger partial charge on any atom is -0.494 e. The summed E-state index contributed by atoms with van der Waals surface area (Å²) in [5, 5.41) is 2.96. The Kier molecular flexibility index (Phi) is 8.55. The summed E-state index contributed by atoms with van der Waals surface area (Å²) in [5.74, 6) is 0.191. The van der Waals surface area contributed by atoms with Crippen LogP contribution < -0.4 is 15.0 Å². The number of ketones is 1. The number of Topliss-reactive ketones (excluding diaryl/α,β-unsaturated/α-hetero) is 1. The number of benzene rings is 2. The molecule has 6 nitrogen and oxygen atoms in total. The van der Waals surface area contributed by atoms with Gasteiger partial charge in [0.2, 0.25) is 5.91 Å². The van der Waals surface area contributed by atoms with E-state index in [-0.39, 0.29) is 36.4 Å². The molecule has 0 saturated carbocycles. The van der Waals surface area contributed by atoms with Gasteiger partial charge in [-0.2, -0.15) is 0 Å². The van der Waals surface area contributed by atoms with E-state index in [1.54, 1.807) is 36.4 Å². The van der Waals surface area contributed by atoms with Gasteiger partial charge >= 0.3 is 0 Å². The molecule has 0 bridgehead atoms. The molecule has 2 aromatic carbocycles. The van der Waals surface area contributed by atoms with E-state index in [9.17, 15) is 14.0 Å². The van der Waals surface area contributed by atoms with Gasteiger partial charge in [0.1, 0.15) is 30.7 Å². The molecule has 1 fully saturated rings. The third kappa shape index (κ3) is 6.87. The van der Waals surface area contributed by atoms with Gasteiger partial charge in [-0.1, -0.05) is 12.1 Å². The Bertz CT molecular complexity index is 849. The molecule has 2 N–H and O–H groups in total. The summed E-state index contributed by atoms with van der Waals surface area (Å²) in [6.45, 7) is 5.88. The Morgan fingerprint density at radius 2 is 1.74 bits per heavy atom. The first-order valence-electron chi connectivity index (χ1n) is 10.8. The Balaban J connectivity index is 1.52. The molecule has 1 aliphatic rings. The van der Waals surface area contributed by atoms with Crippen molar-refractivity contribution >= 4 is 11.7 Å². The molecule has 1 aliphatic heterocycles. The number of ether oxygens (including phenoxy) is 2. The van der Waals surface area contributed by atoms with E-state index in [0.717, 1.165) is 18.7 Å². The third-order valence-corrected chi connectivity index (χ3v) is 5.47. The van der Waals surface area contributed by atoms with Crippen LogP contribution in [0.25, 0.3) is 0 Å². The summed E-state index contributed by atoms with van der Waals surface area (Å²) in [6, 6.07) is 13.4. The van der Waals surface area contributed by atoms with Crippen LogP contribution in [0.3, 0.4) is 0 Å². The molecule has 1 amide bonds. The topological polar surface area (TPSA) is 69.1 Å². The van der Waals surface area contributed by atoms with Crippen LogP contribution in [0.5, 0.6) is 5.75 Å². The van der Waals surface area contributed by atoms with Crippen LogP contribution in [0.4, 0.5) is 4.39 Å². The van der Waals surface area contributed by atoms with Crippen molar-refractivity contribution < 1.29 is 28.4 Å². The first-order valence-corrected chi connectivity index (χ1v) is 10.8. The highest BCUT2D eigenvalue weighted by molar-refractivity contribution is 5.98. The van der Waals surface area contributed by atoms with Gasteiger partial charge in [-0.25, -0.2) is 4.39 Å². The minimum atomic E-state index is -0.281. The Morgan fingerprint density at radius 3 is 2.39 bits per heavy atom. The van der Waals surface area contributed by atoms with Crippen molar-refractivity contribution in [3.63, 3.8) is 0 Å². The Hall–Kier alpha value is -2.77. The van der Waals surface area contributed by atoms with Crippen LogP contribution in [0.2, 0.25) is 0 Å². The van der Waals surface area contributed by atoms with E-state index >= 15 is 0 Å². The van der Waals surface area contributed by atoms with Gasteiger partial charge in [0, 0.05) is 24.0 Å². The SMILES string of the molecule is CCOc1ccc(C(=O)CCC(=O)NC[C@H](c2ccc(F)cc2)[NH+]2CCOCC2)cc1. The zero-order chi connectivity index (χ0) is 22.1. The maximum Gasteiger partial charge on any atom is 0.220 e. The maximum absolute atomic E-state index is 13.3. The second-order valence-electron chi connectivity index (χ2n) is 7.56. The van der Waals surface area contributed by atoms with E-state index in [2.05, 4.69) is 5.32 Å². The number of halogens is 1. The number of carbonyl (C=O) groups is 2. The summed E-state index contributed by atoms with van der Waals surface area (Å²) in [6.07, 6.45) is 0.270. The molecule has 0 aromatic heterocycles. The van der Waals surface area contributed by atoms with Gasteiger partial charge in [0.25, 0.3) is 0 Å². The van der Waals surface area contributed by atoms with E-state index < -0.39 is 0 Å². The molecule has 166 valence electrons. The van der Waals surface area contributed by atoms with Gasteiger partial charge in [-0.15, -0.1) is 0 Å². The lowest BCUT2D eigenvalue weighted by Gasteiger charge is -2.32. The van der Waals surface area contributed by atoms with Crippen molar-refractivity contribution in [2.45, 2.75) is 25.8 Å². The van der Waals surface area contributed by atoms with Crippen molar-refractivity contribution in [1.29, 1.82) is 0 Å². The monoisotopic (exact) mass is 429 g/mol. The number of nitrogens with one attached hydrogen (secondary N) is 2. The summed E-state index contributed by atoms with van der Waals surface area (Å²) in [4.78, 5) is 26.1. The molecule has 0 spiro atoms. The molecule has 31 heavy (non-hydrogen) atoms. The lowest BCUT2D eigenvalue weighted by atomic mass is 10.0. The van der Waals surface area contributed by atoms with E-state index in [1.807, 2.05) is 6.92 Å². The van der Waals surface area contributed by atoms with E-state index in [4.69, 9.17) is 9.47 Å². The van der Waals surface area contributed by atoms with Gasteiger partial charge < -0.3 is 19.7 Å². The predicted octanol–water partition coefficient (Wildman–Crippen LogP) is 1.96. The highest BCUT2D eigenvalue weighted by Gasteiger charge is 2.27. The summed E-state index contributed by atoms with van der Waals surface area (Å²) < 4.78 is 24.2. The quantitative estimate of drug-likeness (QED) is 0.567. The standard InChI is InChI=1S/C24H29FN2O4/c1-2-31-21-9-5-19(6-10-21)23(28)11-12-24(29)26-17-22(27-13-15-30-16-14-27)18-3-7-20(25)8-4-18/h3-10,22H,2,11-17H2,1H3,(H,26,29)/p+1/t22-/m1/s1. The lowest BCUT2D eigenvalue weighted by Crippen LogP contribution is -3.15. The lowest BCUT2D eigenvalue weighted by molar-refractivity contribution is -0.937. The second kappa shape index (κ2) is 11.6. The minimum absolute atomic E-state index is 0.00950. The molecule has 1 saturated heterocycles. The fourth-order valence-corrected chi connectivity index (χ4v) is 3.75. The van der Waals surface area contributed by atoms with Gasteiger partial charge in [-0.3, -0.25) is 9.59 Å². The van der Waals surface area contributed by atoms with Gasteiger partial charge in [-0.05, 0) is 43.3 Å². The number of hydrogen-bond acceptors (Lipinski definition) is 4. The number of rotatable bonds is 10. The number of amides is 1. The smallest absolute Gasteiger partial charge is 0.220 e. The normalized spacial score (nSPS) is 15.3. The maximum atomic E-state index is 13.3. The number of quaternary nitrogens is 1. The predicted molar refractivity (Wildman–Crippen MR) is 115 cm³/mol. The Labute approximate surface area is 182 Å². The van der Waals surface area contributed by atoms with Crippen LogP contribution in [-0.2, 0) is 9.53 Å². The first-order chi connectivity index (χ1) is 15.1. The molecule has 0 unspecified atom stereocenters. The zero-order valence-corrected chi connectivity index (χ0v) is 17.9. The van der Waals surface area contributed by atoms with E-state index in [0.29, 0.717) is 37.7 Å². The van der Waals surface area contributed by atoms with Crippen molar-refractivity contribution in [1.82, 2.24) is 5.32 Å². The summed E-state index contributed by atoms with van der Waals surface area (Å²) in [5.41, 5.74) is 1.54. The number of hydrogen-bond donors (Lipinski definition) is 2. The second-order valence-corrected chi connectivity index (χ2v) is 7.56. The van der Waals surface area contributed by atoms with Gasteiger partial charge in [0.05, 0.1) is 26.4 Å². The molecule has 7 heteroatoms. The summed E-state index contributed by atoms with van der Waals surface area (Å²) >= 11 is 0. The van der Waals surface area contributed by atoms with Crippen LogP contribution >= 0.6 is 0 Å². The van der Waals surface area contributed by atoms with Crippen molar-refractivity contribution in [2.75, 3.05) is 39.5 Å². The van der Waals surface area contributed by atoms with Crippen molar-refractivity contribution in [2.24, 2.45) is 0 Å². The number of morpholine rings is 1. The molecular weight excluding hydrogens is 399 g/mol. The fourth-order valence-electron chi connectivity index (χ4n) is 3.75. The highest BCUT2D eigenvalue weighted by atomic mass is 19.1. The summed E-state index contributed by atoms with van der Waals surface area (Å²) in [7, 11) is 0. The average Bonchev–Trinajstić information content (AvgIpc) is 2.80. The third-order valence-electron chi connectivity index (χ3n) is 5.47. The van der Waals surface area contributed by atoms with Gasteiger partial charge in [0.15, 0.2) is 5.78 Å². The van der Waals surface area contributed by atoms with Crippen LogP contribution in [-0.4, -0.2) is 51.1 Å². The van der Waals surface area contributed by atoms with Crippen LogP contribution in [0.15, 0.2) is 48.5 Å². The first kappa shape index (κ1) is 22.9. The molecule has 1 heterocycles. The molecule has 3 rings (SSSR count). The largest absolute Gasteiger partial charge is 0.494 e. The van der Waals surface area contributed by atoms with Crippen LogP contribution in [0, 0.1) is 5.82 Å². The molecule has 0 aliphatic carbocycles. The fraction of sp³-hybridized carbons (Fsp3) is 0.417.